The Labute approximate surface area is 104 Å². The summed E-state index contributed by atoms with van der Waals surface area (Å²) in [5.41, 5.74) is 0.844. The molecule has 0 N–H and O–H groups in total. The number of halogens is 1. The summed E-state index contributed by atoms with van der Waals surface area (Å²) in [5, 5.41) is 0.712. The first-order chi connectivity index (χ1) is 7.65. The number of fused-ring (bicyclic) bond motifs is 1. The van der Waals surface area contributed by atoms with Gasteiger partial charge in [0, 0.05) is 23.3 Å². The Morgan fingerprint density at radius 1 is 1.50 bits per heavy atom. The standard InChI is InChI=1S/C12H11ClO2S/c1-8(14)15-12-7-10(13)6-9-4-2-3-5-11(9)16-12/h2-6,12H,7H2,1H3. The first kappa shape index (κ1) is 11.6. The van der Waals surface area contributed by atoms with E-state index in [1.807, 2.05) is 30.3 Å². The van der Waals surface area contributed by atoms with Gasteiger partial charge in [-0.25, -0.2) is 0 Å². The third kappa shape index (κ3) is 2.80. The van der Waals surface area contributed by atoms with Crippen LogP contribution < -0.4 is 0 Å². The van der Waals surface area contributed by atoms with Crippen LogP contribution >= 0.6 is 23.4 Å². The number of carbonyl (C=O) groups is 1. The normalized spacial score (nSPS) is 19.4. The minimum Gasteiger partial charge on any atom is -0.451 e. The predicted molar refractivity (Wildman–Crippen MR) is 66.3 cm³/mol. The molecule has 1 aliphatic rings. The zero-order valence-corrected chi connectivity index (χ0v) is 10.3. The van der Waals surface area contributed by atoms with Gasteiger partial charge in [-0.2, -0.15) is 0 Å². The molecule has 1 aromatic carbocycles. The van der Waals surface area contributed by atoms with Crippen LogP contribution in [0.1, 0.15) is 18.9 Å². The van der Waals surface area contributed by atoms with Gasteiger partial charge in [0.25, 0.3) is 0 Å². The summed E-state index contributed by atoms with van der Waals surface area (Å²) in [6.07, 6.45) is 2.48. The molecule has 0 aliphatic carbocycles. The molecule has 0 saturated heterocycles. The van der Waals surface area contributed by atoms with E-state index in [0.717, 1.165) is 10.5 Å². The highest BCUT2D eigenvalue weighted by atomic mass is 35.5. The number of esters is 1. The van der Waals surface area contributed by atoms with E-state index in [9.17, 15) is 4.79 Å². The second-order valence-corrected chi connectivity index (χ2v) is 5.18. The van der Waals surface area contributed by atoms with Gasteiger partial charge in [0.05, 0.1) is 0 Å². The van der Waals surface area contributed by atoms with Crippen molar-refractivity contribution in [2.75, 3.05) is 0 Å². The van der Waals surface area contributed by atoms with Gasteiger partial charge < -0.3 is 4.74 Å². The lowest BCUT2D eigenvalue weighted by molar-refractivity contribution is -0.142. The molecule has 1 heterocycles. The summed E-state index contributed by atoms with van der Waals surface area (Å²) < 4.78 is 5.20. The number of rotatable bonds is 1. The highest BCUT2D eigenvalue weighted by Gasteiger charge is 2.19. The fraction of sp³-hybridized carbons (Fsp3) is 0.250. The van der Waals surface area contributed by atoms with Crippen molar-refractivity contribution in [3.63, 3.8) is 0 Å². The van der Waals surface area contributed by atoms with Gasteiger partial charge in [0.15, 0.2) is 5.44 Å². The minimum atomic E-state index is -0.277. The van der Waals surface area contributed by atoms with Gasteiger partial charge in [-0.1, -0.05) is 41.6 Å². The van der Waals surface area contributed by atoms with Crippen LogP contribution in [0, 0.1) is 0 Å². The molecule has 0 radical (unpaired) electrons. The van der Waals surface area contributed by atoms with Gasteiger partial charge in [-0.15, -0.1) is 0 Å². The van der Waals surface area contributed by atoms with Crippen molar-refractivity contribution in [3.05, 3.63) is 34.9 Å². The maximum absolute atomic E-state index is 10.9. The summed E-state index contributed by atoms with van der Waals surface area (Å²) in [6.45, 7) is 1.41. The van der Waals surface area contributed by atoms with E-state index in [2.05, 4.69) is 0 Å². The molecule has 1 unspecified atom stereocenters. The van der Waals surface area contributed by atoms with E-state index in [1.165, 1.54) is 18.7 Å². The summed E-state index contributed by atoms with van der Waals surface area (Å²) >= 11 is 7.61. The van der Waals surface area contributed by atoms with E-state index < -0.39 is 0 Å². The third-order valence-electron chi connectivity index (χ3n) is 2.15. The summed E-state index contributed by atoms with van der Waals surface area (Å²) in [4.78, 5) is 12.0. The van der Waals surface area contributed by atoms with E-state index in [-0.39, 0.29) is 11.4 Å². The van der Waals surface area contributed by atoms with Gasteiger partial charge in [0.2, 0.25) is 0 Å². The molecule has 0 bridgehead atoms. The largest absolute Gasteiger partial charge is 0.451 e. The van der Waals surface area contributed by atoms with Crippen molar-refractivity contribution in [1.82, 2.24) is 0 Å². The molecular formula is C12H11ClO2S. The van der Waals surface area contributed by atoms with E-state index in [4.69, 9.17) is 16.3 Å². The number of thioether (sulfide) groups is 1. The minimum absolute atomic E-state index is 0.232. The second kappa shape index (κ2) is 4.93. The Bertz CT molecular complexity index is 442. The molecule has 4 heteroatoms. The summed E-state index contributed by atoms with van der Waals surface area (Å²) in [5.74, 6) is -0.277. The number of hydrogen-bond acceptors (Lipinski definition) is 3. The van der Waals surface area contributed by atoms with Gasteiger partial charge in [-0.05, 0) is 17.7 Å². The lowest BCUT2D eigenvalue weighted by Gasteiger charge is -2.14. The van der Waals surface area contributed by atoms with Crippen LogP contribution in [0.4, 0.5) is 0 Å². The third-order valence-corrected chi connectivity index (χ3v) is 3.56. The maximum atomic E-state index is 10.9. The first-order valence-electron chi connectivity index (χ1n) is 4.94. The van der Waals surface area contributed by atoms with Crippen molar-refractivity contribution in [3.8, 4) is 0 Å². The number of ether oxygens (including phenoxy) is 1. The molecule has 1 atom stereocenters. The molecule has 0 saturated carbocycles. The molecule has 0 fully saturated rings. The number of benzene rings is 1. The molecule has 0 aromatic heterocycles. The van der Waals surface area contributed by atoms with Crippen LogP contribution in [-0.2, 0) is 9.53 Å². The lowest BCUT2D eigenvalue weighted by Crippen LogP contribution is -2.11. The molecule has 0 spiro atoms. The average Bonchev–Trinajstić information content (AvgIpc) is 2.33. The molecule has 0 amide bonds. The van der Waals surface area contributed by atoms with Crippen molar-refractivity contribution in [2.24, 2.45) is 0 Å². The summed E-state index contributed by atoms with van der Waals surface area (Å²) in [7, 11) is 0. The van der Waals surface area contributed by atoms with Crippen molar-refractivity contribution >= 4 is 35.4 Å². The Morgan fingerprint density at radius 2 is 2.25 bits per heavy atom. The highest BCUT2D eigenvalue weighted by Crippen LogP contribution is 2.36. The van der Waals surface area contributed by atoms with Crippen LogP contribution in [0.5, 0.6) is 0 Å². The molecule has 84 valence electrons. The molecule has 2 rings (SSSR count). The molecule has 16 heavy (non-hydrogen) atoms. The molecule has 1 aliphatic heterocycles. The van der Waals surface area contributed by atoms with Crippen LogP contribution in [0.15, 0.2) is 34.2 Å². The van der Waals surface area contributed by atoms with E-state index >= 15 is 0 Å². The van der Waals surface area contributed by atoms with Crippen LogP contribution in [0.2, 0.25) is 0 Å². The Hall–Kier alpha value is -0.930. The number of carbonyl (C=O) groups excluding carboxylic acids is 1. The Morgan fingerprint density at radius 3 is 3.00 bits per heavy atom. The molecule has 1 aromatic rings. The lowest BCUT2D eigenvalue weighted by atomic mass is 10.2. The van der Waals surface area contributed by atoms with Crippen LogP contribution in [0.25, 0.3) is 6.08 Å². The van der Waals surface area contributed by atoms with Gasteiger partial charge in [-0.3, -0.25) is 4.79 Å². The van der Waals surface area contributed by atoms with Crippen LogP contribution in [-0.4, -0.2) is 11.4 Å². The Balaban J connectivity index is 2.28. The van der Waals surface area contributed by atoms with E-state index in [1.54, 1.807) is 0 Å². The molecular weight excluding hydrogens is 244 g/mol. The van der Waals surface area contributed by atoms with Crippen LogP contribution in [0.3, 0.4) is 0 Å². The smallest absolute Gasteiger partial charge is 0.303 e. The molecule has 2 nitrogen and oxygen atoms in total. The maximum Gasteiger partial charge on any atom is 0.303 e. The fourth-order valence-corrected chi connectivity index (χ4v) is 3.03. The van der Waals surface area contributed by atoms with Gasteiger partial charge in [0.1, 0.15) is 0 Å². The quantitative estimate of drug-likeness (QED) is 0.716. The highest BCUT2D eigenvalue weighted by molar-refractivity contribution is 7.99. The van der Waals surface area contributed by atoms with Crippen molar-refractivity contribution < 1.29 is 9.53 Å². The van der Waals surface area contributed by atoms with E-state index in [0.29, 0.717) is 11.5 Å². The van der Waals surface area contributed by atoms with Crippen molar-refractivity contribution in [2.45, 2.75) is 23.7 Å². The fourth-order valence-electron chi connectivity index (χ4n) is 1.53. The predicted octanol–water partition coefficient (Wildman–Crippen LogP) is 3.65. The second-order valence-electron chi connectivity index (χ2n) is 3.49. The zero-order valence-electron chi connectivity index (χ0n) is 8.77. The Kier molecular flexibility index (Phi) is 3.56. The number of hydrogen-bond donors (Lipinski definition) is 0. The zero-order chi connectivity index (χ0) is 11.5. The first-order valence-corrected chi connectivity index (χ1v) is 6.20. The monoisotopic (exact) mass is 254 g/mol. The summed E-state index contributed by atoms with van der Waals surface area (Å²) in [6, 6.07) is 7.93. The average molecular weight is 255 g/mol. The SMILES string of the molecule is CC(=O)OC1CC(Cl)=Cc2ccccc2S1. The van der Waals surface area contributed by atoms with Gasteiger partial charge >= 0.3 is 5.97 Å². The topological polar surface area (TPSA) is 26.3 Å². The van der Waals surface area contributed by atoms with Crippen molar-refractivity contribution in [1.29, 1.82) is 0 Å².